The van der Waals surface area contributed by atoms with Crippen LogP contribution in [-0.4, -0.2) is 5.78 Å². The van der Waals surface area contributed by atoms with Crippen LogP contribution in [0.2, 0.25) is 0 Å². The predicted octanol–water partition coefficient (Wildman–Crippen LogP) is 5.01. The number of benzene rings is 1. The van der Waals surface area contributed by atoms with Gasteiger partial charge in [0.25, 0.3) is 0 Å². The summed E-state index contributed by atoms with van der Waals surface area (Å²) in [6.07, 6.45) is 9.55. The molecular formula is C16H24O. The lowest BCUT2D eigenvalue weighted by molar-refractivity contribution is 0.0979. The van der Waals surface area contributed by atoms with Gasteiger partial charge in [-0.3, -0.25) is 4.79 Å². The third kappa shape index (κ3) is 6.25. The minimum Gasteiger partial charge on any atom is -0.294 e. The van der Waals surface area contributed by atoms with Gasteiger partial charge in [-0.25, -0.2) is 0 Å². The number of hydrogen-bond acceptors (Lipinski definition) is 1. The van der Waals surface area contributed by atoms with Gasteiger partial charge in [-0.15, -0.1) is 0 Å². The SMILES string of the molecule is CCCCCCCCCC(=O)c1ccccc1. The number of carbonyl (C=O) groups excluding carboxylic acids is 1. The summed E-state index contributed by atoms with van der Waals surface area (Å²) in [5.41, 5.74) is 0.860. The highest BCUT2D eigenvalue weighted by atomic mass is 16.1. The Labute approximate surface area is 105 Å². The van der Waals surface area contributed by atoms with Crippen molar-refractivity contribution in [3.05, 3.63) is 35.9 Å². The molecule has 1 nitrogen and oxygen atoms in total. The fraction of sp³-hybridized carbons (Fsp3) is 0.562. The van der Waals surface area contributed by atoms with Gasteiger partial charge in [0.15, 0.2) is 5.78 Å². The molecule has 94 valence electrons. The number of carbonyl (C=O) groups is 1. The number of hydrogen-bond donors (Lipinski definition) is 0. The monoisotopic (exact) mass is 232 g/mol. The number of ketones is 1. The molecule has 0 spiro atoms. The van der Waals surface area contributed by atoms with Crippen LogP contribution in [0.15, 0.2) is 30.3 Å². The van der Waals surface area contributed by atoms with E-state index in [2.05, 4.69) is 6.92 Å². The van der Waals surface area contributed by atoms with Gasteiger partial charge in [-0.05, 0) is 6.42 Å². The van der Waals surface area contributed by atoms with Gasteiger partial charge < -0.3 is 0 Å². The van der Waals surface area contributed by atoms with Crippen LogP contribution in [-0.2, 0) is 0 Å². The Balaban J connectivity index is 2.05. The molecule has 0 aliphatic carbocycles. The molecule has 0 saturated carbocycles. The largest absolute Gasteiger partial charge is 0.294 e. The highest BCUT2D eigenvalue weighted by molar-refractivity contribution is 5.95. The molecule has 0 bridgehead atoms. The summed E-state index contributed by atoms with van der Waals surface area (Å²) in [5, 5.41) is 0. The van der Waals surface area contributed by atoms with Gasteiger partial charge in [0.2, 0.25) is 0 Å². The fourth-order valence-electron chi connectivity index (χ4n) is 2.01. The molecule has 0 heterocycles. The molecule has 0 fully saturated rings. The third-order valence-electron chi connectivity index (χ3n) is 3.10. The van der Waals surface area contributed by atoms with Crippen molar-refractivity contribution in [3.63, 3.8) is 0 Å². The molecule has 0 unspecified atom stereocenters. The third-order valence-corrected chi connectivity index (χ3v) is 3.10. The maximum atomic E-state index is 11.8. The summed E-state index contributed by atoms with van der Waals surface area (Å²) in [4.78, 5) is 11.8. The molecule has 0 N–H and O–H groups in total. The first-order valence-electron chi connectivity index (χ1n) is 6.93. The Morgan fingerprint density at radius 3 is 2.12 bits per heavy atom. The van der Waals surface area contributed by atoms with E-state index in [4.69, 9.17) is 0 Å². The van der Waals surface area contributed by atoms with Crippen LogP contribution < -0.4 is 0 Å². The van der Waals surface area contributed by atoms with E-state index in [1.54, 1.807) is 0 Å². The van der Waals surface area contributed by atoms with Crippen LogP contribution in [0.3, 0.4) is 0 Å². The Kier molecular flexibility index (Phi) is 7.37. The lowest BCUT2D eigenvalue weighted by Crippen LogP contribution is -1.98. The van der Waals surface area contributed by atoms with E-state index in [1.165, 1.54) is 38.5 Å². The van der Waals surface area contributed by atoms with E-state index in [0.29, 0.717) is 12.2 Å². The van der Waals surface area contributed by atoms with Crippen LogP contribution in [0.1, 0.15) is 68.6 Å². The smallest absolute Gasteiger partial charge is 0.162 e. The van der Waals surface area contributed by atoms with Crippen molar-refractivity contribution in [2.75, 3.05) is 0 Å². The Morgan fingerprint density at radius 2 is 1.47 bits per heavy atom. The van der Waals surface area contributed by atoms with Gasteiger partial charge in [0, 0.05) is 12.0 Å². The topological polar surface area (TPSA) is 17.1 Å². The van der Waals surface area contributed by atoms with E-state index >= 15 is 0 Å². The molecule has 0 aliphatic rings. The zero-order valence-electron chi connectivity index (χ0n) is 11.0. The quantitative estimate of drug-likeness (QED) is 0.432. The Morgan fingerprint density at radius 1 is 0.882 bits per heavy atom. The van der Waals surface area contributed by atoms with Crippen molar-refractivity contribution in [2.45, 2.75) is 58.3 Å². The van der Waals surface area contributed by atoms with Crippen molar-refractivity contribution in [1.29, 1.82) is 0 Å². The second kappa shape index (κ2) is 8.98. The van der Waals surface area contributed by atoms with Gasteiger partial charge in [0.05, 0.1) is 0 Å². The number of rotatable bonds is 9. The first-order chi connectivity index (χ1) is 8.34. The lowest BCUT2D eigenvalue weighted by atomic mass is 10.0. The average molecular weight is 232 g/mol. The number of Topliss-reactive ketones (excluding diaryl/α,β-unsaturated/α-hetero) is 1. The van der Waals surface area contributed by atoms with Crippen molar-refractivity contribution in [2.24, 2.45) is 0 Å². The average Bonchev–Trinajstić information content (AvgIpc) is 2.38. The van der Waals surface area contributed by atoms with E-state index in [9.17, 15) is 4.79 Å². The molecule has 17 heavy (non-hydrogen) atoms. The molecule has 1 aromatic carbocycles. The van der Waals surface area contributed by atoms with Crippen LogP contribution in [0, 0.1) is 0 Å². The first kappa shape index (κ1) is 14.0. The zero-order chi connectivity index (χ0) is 12.3. The fourth-order valence-corrected chi connectivity index (χ4v) is 2.01. The summed E-state index contributed by atoms with van der Waals surface area (Å²) >= 11 is 0. The normalized spacial score (nSPS) is 10.4. The van der Waals surface area contributed by atoms with Gasteiger partial charge in [-0.2, -0.15) is 0 Å². The molecule has 0 amide bonds. The minimum atomic E-state index is 0.291. The summed E-state index contributed by atoms with van der Waals surface area (Å²) in [7, 11) is 0. The lowest BCUT2D eigenvalue weighted by Gasteiger charge is -2.01. The molecule has 1 heteroatoms. The summed E-state index contributed by atoms with van der Waals surface area (Å²) in [5.74, 6) is 0.291. The van der Waals surface area contributed by atoms with Crippen LogP contribution in [0.5, 0.6) is 0 Å². The van der Waals surface area contributed by atoms with Crippen LogP contribution in [0.25, 0.3) is 0 Å². The van der Waals surface area contributed by atoms with E-state index in [1.807, 2.05) is 30.3 Å². The molecule has 0 atom stereocenters. The van der Waals surface area contributed by atoms with Gasteiger partial charge in [-0.1, -0.05) is 75.8 Å². The molecule has 0 saturated heterocycles. The zero-order valence-corrected chi connectivity index (χ0v) is 11.0. The molecule has 0 radical (unpaired) electrons. The number of unbranched alkanes of at least 4 members (excludes halogenated alkanes) is 6. The predicted molar refractivity (Wildman–Crippen MR) is 73.4 cm³/mol. The second-order valence-corrected chi connectivity index (χ2v) is 4.66. The van der Waals surface area contributed by atoms with Crippen molar-refractivity contribution in [1.82, 2.24) is 0 Å². The highest BCUT2D eigenvalue weighted by Gasteiger charge is 2.03. The first-order valence-corrected chi connectivity index (χ1v) is 6.93. The highest BCUT2D eigenvalue weighted by Crippen LogP contribution is 2.11. The standard InChI is InChI=1S/C16H24O/c1-2-3-4-5-6-7-11-14-16(17)15-12-9-8-10-13-15/h8-10,12-13H,2-7,11,14H2,1H3. The maximum Gasteiger partial charge on any atom is 0.162 e. The van der Waals surface area contributed by atoms with Gasteiger partial charge in [0.1, 0.15) is 0 Å². The molecule has 1 rings (SSSR count). The summed E-state index contributed by atoms with van der Waals surface area (Å²) < 4.78 is 0. The van der Waals surface area contributed by atoms with Crippen molar-refractivity contribution in [3.8, 4) is 0 Å². The summed E-state index contributed by atoms with van der Waals surface area (Å²) in [6, 6.07) is 9.62. The maximum absolute atomic E-state index is 11.8. The Bertz CT molecular complexity index is 303. The van der Waals surface area contributed by atoms with E-state index in [0.717, 1.165) is 12.0 Å². The Hall–Kier alpha value is -1.11. The molecule has 1 aromatic rings. The van der Waals surface area contributed by atoms with Crippen LogP contribution >= 0.6 is 0 Å². The van der Waals surface area contributed by atoms with Crippen LogP contribution in [0.4, 0.5) is 0 Å². The van der Waals surface area contributed by atoms with Gasteiger partial charge >= 0.3 is 0 Å². The minimum absolute atomic E-state index is 0.291. The van der Waals surface area contributed by atoms with E-state index in [-0.39, 0.29) is 0 Å². The molecule has 0 aromatic heterocycles. The molecular weight excluding hydrogens is 208 g/mol. The van der Waals surface area contributed by atoms with Crippen molar-refractivity contribution < 1.29 is 4.79 Å². The van der Waals surface area contributed by atoms with E-state index < -0.39 is 0 Å². The molecule has 0 aliphatic heterocycles. The second-order valence-electron chi connectivity index (χ2n) is 4.66. The summed E-state index contributed by atoms with van der Waals surface area (Å²) in [6.45, 7) is 2.23. The van der Waals surface area contributed by atoms with Crippen molar-refractivity contribution >= 4 is 5.78 Å².